The Morgan fingerprint density at radius 2 is 1.54 bits per heavy atom. The maximum Gasteiger partial charge on any atom is 0.281 e. The second-order valence-electron chi connectivity index (χ2n) is 9.56. The highest BCUT2D eigenvalue weighted by atomic mass is 32.2. The van der Waals surface area contributed by atoms with Crippen molar-refractivity contribution in [3.8, 4) is 11.5 Å². The minimum absolute atomic E-state index is 0.219. The summed E-state index contributed by atoms with van der Waals surface area (Å²) in [6, 6.07) is 0. The van der Waals surface area contributed by atoms with Gasteiger partial charge in [-0.2, -0.15) is 8.42 Å². The minimum Gasteiger partial charge on any atom is -0.485 e. The summed E-state index contributed by atoms with van der Waals surface area (Å²) in [6.45, 7) is 6.75. The summed E-state index contributed by atoms with van der Waals surface area (Å²) >= 11 is 1.53. The lowest BCUT2D eigenvalue weighted by molar-refractivity contribution is 0.00564. The Bertz CT molecular complexity index is 754. The topological polar surface area (TPSA) is 85.3 Å². The van der Waals surface area contributed by atoms with Crippen LogP contribution in [0.3, 0.4) is 0 Å². The lowest BCUT2D eigenvalue weighted by Crippen LogP contribution is -2.43. The predicted octanol–water partition coefficient (Wildman–Crippen LogP) is 6.53. The van der Waals surface area contributed by atoms with Crippen LogP contribution in [-0.2, 0) is 14.9 Å². The molecule has 7 nitrogen and oxygen atoms in total. The van der Waals surface area contributed by atoms with Crippen LogP contribution in [0.4, 0.5) is 0 Å². The van der Waals surface area contributed by atoms with E-state index in [1.165, 1.54) is 62.7 Å². The molecule has 1 aliphatic rings. The number of fused-ring (bicyclic) bond motifs is 1. The quantitative estimate of drug-likeness (QED) is 0.142. The third-order valence-corrected chi connectivity index (χ3v) is 8.39. The van der Waals surface area contributed by atoms with Gasteiger partial charge in [0.2, 0.25) is 0 Å². The van der Waals surface area contributed by atoms with Gasteiger partial charge in [-0.15, -0.1) is 11.3 Å². The molecule has 2 atom stereocenters. The average Bonchev–Trinajstić information content (AvgIpc) is 3.29. The highest BCUT2D eigenvalue weighted by molar-refractivity contribution is 7.86. The van der Waals surface area contributed by atoms with Crippen molar-refractivity contribution in [1.82, 2.24) is 4.90 Å². The number of ether oxygens (including phenoxy) is 3. The standard InChI is InChI=1S/C26H47NO6S2/c1-3-5-7-9-11-13-16-27(17-14-12-10-8-6-4-2)26(35(28,29)30)15-18-31-19-23-20-32-24-21-34-22-25(24)33-23/h21-23,26H,3-20H2,1-2H3,(H,28,29,30). The van der Waals surface area contributed by atoms with Gasteiger partial charge in [0.1, 0.15) is 12.0 Å². The largest absolute Gasteiger partial charge is 0.485 e. The third kappa shape index (κ3) is 12.3. The van der Waals surface area contributed by atoms with E-state index in [2.05, 4.69) is 13.8 Å². The van der Waals surface area contributed by atoms with Gasteiger partial charge in [-0.25, -0.2) is 0 Å². The van der Waals surface area contributed by atoms with Crippen molar-refractivity contribution in [3.05, 3.63) is 10.8 Å². The summed E-state index contributed by atoms with van der Waals surface area (Å²) in [6.07, 6.45) is 13.8. The van der Waals surface area contributed by atoms with Crippen molar-refractivity contribution in [2.45, 2.75) is 109 Å². The number of hydrogen-bond donors (Lipinski definition) is 1. The van der Waals surface area contributed by atoms with E-state index in [-0.39, 0.29) is 19.1 Å². The molecule has 0 saturated carbocycles. The molecule has 2 rings (SSSR count). The molecule has 1 aromatic rings. The summed E-state index contributed by atoms with van der Waals surface area (Å²) in [5.74, 6) is 1.49. The molecule has 0 fully saturated rings. The van der Waals surface area contributed by atoms with Crippen molar-refractivity contribution in [1.29, 1.82) is 0 Å². The fourth-order valence-electron chi connectivity index (χ4n) is 4.45. The molecular formula is C26H47NO6S2. The monoisotopic (exact) mass is 533 g/mol. The number of thiophene rings is 1. The van der Waals surface area contributed by atoms with Gasteiger partial charge in [-0.3, -0.25) is 9.45 Å². The van der Waals surface area contributed by atoms with Crippen LogP contribution in [0, 0.1) is 0 Å². The molecule has 0 aromatic carbocycles. The van der Waals surface area contributed by atoms with Gasteiger partial charge >= 0.3 is 0 Å². The Kier molecular flexibility index (Phi) is 15.2. The maximum atomic E-state index is 12.3. The minimum atomic E-state index is -4.21. The molecule has 9 heteroatoms. The van der Waals surface area contributed by atoms with Crippen LogP contribution in [0.2, 0.25) is 0 Å². The maximum absolute atomic E-state index is 12.3. The molecule has 0 radical (unpaired) electrons. The zero-order chi connectivity index (χ0) is 25.4. The van der Waals surface area contributed by atoms with Crippen molar-refractivity contribution < 1.29 is 27.2 Å². The van der Waals surface area contributed by atoms with E-state index in [1.54, 1.807) is 0 Å². The number of nitrogens with zero attached hydrogens (tertiary/aromatic N) is 1. The Morgan fingerprint density at radius 3 is 2.14 bits per heavy atom. The molecule has 0 amide bonds. The van der Waals surface area contributed by atoms with Crippen molar-refractivity contribution in [3.63, 3.8) is 0 Å². The molecule has 0 saturated heterocycles. The Hall–Kier alpha value is -0.870. The summed E-state index contributed by atoms with van der Waals surface area (Å²) in [7, 11) is -4.21. The molecular weight excluding hydrogens is 486 g/mol. The second kappa shape index (κ2) is 17.6. The fraction of sp³-hybridized carbons (Fsp3) is 0.846. The van der Waals surface area contributed by atoms with E-state index in [0.717, 1.165) is 37.2 Å². The molecule has 1 aromatic heterocycles. The van der Waals surface area contributed by atoms with Gasteiger partial charge in [0, 0.05) is 23.8 Å². The molecule has 2 heterocycles. The van der Waals surface area contributed by atoms with E-state index in [0.29, 0.717) is 26.3 Å². The second-order valence-corrected chi connectivity index (χ2v) is 11.9. The van der Waals surface area contributed by atoms with Crippen LogP contribution >= 0.6 is 11.3 Å². The van der Waals surface area contributed by atoms with E-state index < -0.39 is 15.5 Å². The van der Waals surface area contributed by atoms with Crippen LogP contribution in [0.25, 0.3) is 0 Å². The van der Waals surface area contributed by atoms with Gasteiger partial charge in [0.15, 0.2) is 17.6 Å². The molecule has 2 unspecified atom stereocenters. The van der Waals surface area contributed by atoms with Gasteiger partial charge in [0.25, 0.3) is 10.1 Å². The predicted molar refractivity (Wildman–Crippen MR) is 143 cm³/mol. The van der Waals surface area contributed by atoms with Gasteiger partial charge in [-0.1, -0.05) is 78.1 Å². The highest BCUT2D eigenvalue weighted by Crippen LogP contribution is 2.35. The number of rotatable bonds is 21. The van der Waals surface area contributed by atoms with Crippen LogP contribution < -0.4 is 9.47 Å². The van der Waals surface area contributed by atoms with Crippen LogP contribution in [0.1, 0.15) is 97.3 Å². The molecule has 0 bridgehead atoms. The molecule has 35 heavy (non-hydrogen) atoms. The lowest BCUT2D eigenvalue weighted by Gasteiger charge is -2.30. The fourth-order valence-corrected chi connectivity index (χ4v) is 6.11. The average molecular weight is 534 g/mol. The van der Waals surface area contributed by atoms with Crippen molar-refractivity contribution in [2.75, 3.05) is 32.9 Å². The highest BCUT2D eigenvalue weighted by Gasteiger charge is 2.30. The first-order valence-corrected chi connectivity index (χ1v) is 16.0. The molecule has 204 valence electrons. The first-order chi connectivity index (χ1) is 17.0. The molecule has 0 aliphatic carbocycles. The SMILES string of the molecule is CCCCCCCCN(CCCCCCCC)C(CCOCC1COc2cscc2O1)S(=O)(=O)O. The third-order valence-electron chi connectivity index (χ3n) is 6.47. The van der Waals surface area contributed by atoms with E-state index in [9.17, 15) is 13.0 Å². The summed E-state index contributed by atoms with van der Waals surface area (Å²) in [5, 5.41) is 2.88. The zero-order valence-corrected chi connectivity index (χ0v) is 23.4. The molecule has 0 spiro atoms. The lowest BCUT2D eigenvalue weighted by atomic mass is 10.1. The van der Waals surface area contributed by atoms with Crippen molar-refractivity contribution in [2.24, 2.45) is 0 Å². The smallest absolute Gasteiger partial charge is 0.281 e. The first kappa shape index (κ1) is 30.4. The van der Waals surface area contributed by atoms with Crippen LogP contribution in [0.5, 0.6) is 11.5 Å². The van der Waals surface area contributed by atoms with Gasteiger partial charge < -0.3 is 14.2 Å². The van der Waals surface area contributed by atoms with Crippen LogP contribution in [0.15, 0.2) is 10.8 Å². The van der Waals surface area contributed by atoms with E-state index in [4.69, 9.17) is 14.2 Å². The summed E-state index contributed by atoms with van der Waals surface area (Å²) in [4.78, 5) is 1.97. The van der Waals surface area contributed by atoms with E-state index >= 15 is 0 Å². The van der Waals surface area contributed by atoms with E-state index in [1.807, 2.05) is 15.7 Å². The normalized spacial score (nSPS) is 16.6. The van der Waals surface area contributed by atoms with Crippen molar-refractivity contribution >= 4 is 21.5 Å². The first-order valence-electron chi connectivity index (χ1n) is 13.6. The molecule has 1 N–H and O–H groups in total. The summed E-state index contributed by atoms with van der Waals surface area (Å²) in [5.41, 5.74) is 0. The van der Waals surface area contributed by atoms with Gasteiger partial charge in [0.05, 0.1) is 6.61 Å². The Labute approximate surface area is 217 Å². The Morgan fingerprint density at radius 1 is 0.971 bits per heavy atom. The number of hydrogen-bond acceptors (Lipinski definition) is 7. The van der Waals surface area contributed by atoms with Crippen LogP contribution in [-0.4, -0.2) is 62.3 Å². The zero-order valence-electron chi connectivity index (χ0n) is 21.8. The number of unbranched alkanes of at least 4 members (excludes halogenated alkanes) is 10. The summed E-state index contributed by atoms with van der Waals surface area (Å²) < 4.78 is 52.0. The molecule has 1 aliphatic heterocycles. The Balaban J connectivity index is 1.82. The van der Waals surface area contributed by atoms with Gasteiger partial charge in [-0.05, 0) is 25.9 Å².